The van der Waals surface area contributed by atoms with Gasteiger partial charge in [0, 0.05) is 0 Å². The maximum Gasteiger partial charge on any atom is 0.509 e. The van der Waals surface area contributed by atoms with E-state index in [0.717, 1.165) is 0 Å². The van der Waals surface area contributed by atoms with E-state index in [1.165, 1.54) is 10.8 Å². The number of hydrogen-bond acceptors (Lipinski definition) is 14. The molecule has 4 atom stereocenters. The Kier molecular flexibility index (Phi) is 11.1. The Morgan fingerprint density at radius 2 is 1.51 bits per heavy atom. The summed E-state index contributed by atoms with van der Waals surface area (Å²) in [6.45, 7) is 16.1. The lowest BCUT2D eigenvalue weighted by atomic mass is 9.93. The first-order valence-electron chi connectivity index (χ1n) is 14.5. The van der Waals surface area contributed by atoms with Gasteiger partial charge in [0.2, 0.25) is 0 Å². The van der Waals surface area contributed by atoms with Crippen LogP contribution in [-0.2, 0) is 43.5 Å². The number of aromatic nitrogens is 3. The summed E-state index contributed by atoms with van der Waals surface area (Å²) < 4.78 is 45.2. The lowest BCUT2D eigenvalue weighted by Gasteiger charge is -2.30. The van der Waals surface area contributed by atoms with Crippen molar-refractivity contribution in [2.75, 3.05) is 11.9 Å². The van der Waals surface area contributed by atoms with E-state index in [1.54, 1.807) is 81.4 Å². The van der Waals surface area contributed by atoms with Gasteiger partial charge in [-0.25, -0.2) is 28.7 Å². The number of anilines is 1. The van der Waals surface area contributed by atoms with Gasteiger partial charge < -0.3 is 37.9 Å². The van der Waals surface area contributed by atoms with Crippen molar-refractivity contribution in [1.82, 2.24) is 14.6 Å². The van der Waals surface area contributed by atoms with Gasteiger partial charge in [0.1, 0.15) is 35.8 Å². The standard InChI is InChI=1S/C29H42N4O12/c1-15(2)39-25(35)38-13-19-21(42-26(36)40-16(3)4)22(43-27(37)41-17(5)6)29(10,44-19)20-12-11-18-23(30-14-31-33(18)20)32-24(34)45-28(7,8)9/h11-12,14-17,19,21-22H,13H2,1-10H3,(H,30,31,32,34)/t19-,21-,22-,29+/m1/s1. The Labute approximate surface area is 260 Å². The van der Waals surface area contributed by atoms with Crippen LogP contribution < -0.4 is 5.32 Å². The first kappa shape index (κ1) is 35.1. The highest BCUT2D eigenvalue weighted by Crippen LogP contribution is 2.44. The molecular formula is C29H42N4O12. The predicted molar refractivity (Wildman–Crippen MR) is 156 cm³/mol. The summed E-state index contributed by atoms with van der Waals surface area (Å²) in [5, 5.41) is 6.91. The molecule has 0 aliphatic carbocycles. The second-order valence-electron chi connectivity index (χ2n) is 12.2. The molecular weight excluding hydrogens is 596 g/mol. The molecule has 0 aromatic carbocycles. The number of amides is 1. The van der Waals surface area contributed by atoms with Gasteiger partial charge in [-0.2, -0.15) is 5.10 Å². The first-order valence-corrected chi connectivity index (χ1v) is 14.5. The van der Waals surface area contributed by atoms with E-state index in [0.29, 0.717) is 11.2 Å². The van der Waals surface area contributed by atoms with Gasteiger partial charge >= 0.3 is 24.6 Å². The molecule has 3 rings (SSSR count). The van der Waals surface area contributed by atoms with Crippen molar-refractivity contribution in [3.05, 3.63) is 24.2 Å². The van der Waals surface area contributed by atoms with E-state index in [4.69, 9.17) is 37.9 Å². The molecule has 1 aliphatic heterocycles. The van der Waals surface area contributed by atoms with Crippen LogP contribution in [0.4, 0.5) is 25.0 Å². The van der Waals surface area contributed by atoms with E-state index >= 15 is 0 Å². The fourth-order valence-corrected chi connectivity index (χ4v) is 4.45. The lowest BCUT2D eigenvalue weighted by Crippen LogP contribution is -2.46. The largest absolute Gasteiger partial charge is 0.509 e. The molecule has 16 nitrogen and oxygen atoms in total. The molecule has 250 valence electrons. The first-order chi connectivity index (χ1) is 20.9. The zero-order valence-electron chi connectivity index (χ0n) is 27.1. The molecule has 0 bridgehead atoms. The number of carbonyl (C=O) groups excluding carboxylic acids is 4. The van der Waals surface area contributed by atoms with Gasteiger partial charge in [-0.05, 0) is 81.4 Å². The van der Waals surface area contributed by atoms with Crippen LogP contribution in [0.2, 0.25) is 0 Å². The molecule has 1 fully saturated rings. The summed E-state index contributed by atoms with van der Waals surface area (Å²) in [6, 6.07) is 3.21. The maximum absolute atomic E-state index is 12.9. The van der Waals surface area contributed by atoms with Crippen molar-refractivity contribution in [3.63, 3.8) is 0 Å². The Morgan fingerprint density at radius 1 is 0.933 bits per heavy atom. The molecule has 1 N–H and O–H groups in total. The second kappa shape index (κ2) is 14.2. The molecule has 2 aromatic rings. The highest BCUT2D eigenvalue weighted by Gasteiger charge is 2.60. The summed E-state index contributed by atoms with van der Waals surface area (Å²) >= 11 is 0. The Balaban J connectivity index is 2.07. The van der Waals surface area contributed by atoms with E-state index < -0.39 is 79.0 Å². The number of carbonyl (C=O) groups is 4. The molecule has 2 aromatic heterocycles. The van der Waals surface area contributed by atoms with Crippen LogP contribution in [0.25, 0.3) is 5.52 Å². The van der Waals surface area contributed by atoms with E-state index in [2.05, 4.69) is 15.4 Å². The minimum atomic E-state index is -1.61. The number of nitrogens with one attached hydrogen (secondary N) is 1. The number of nitrogens with zero attached hydrogens (tertiary/aromatic N) is 3. The van der Waals surface area contributed by atoms with E-state index in [-0.39, 0.29) is 5.82 Å². The van der Waals surface area contributed by atoms with Gasteiger partial charge in [0.05, 0.1) is 24.0 Å². The number of fused-ring (bicyclic) bond motifs is 1. The maximum atomic E-state index is 12.9. The third-order valence-corrected chi connectivity index (χ3v) is 6.00. The average molecular weight is 639 g/mol. The van der Waals surface area contributed by atoms with Gasteiger partial charge in [0.15, 0.2) is 18.0 Å². The summed E-state index contributed by atoms with van der Waals surface area (Å²) in [6.07, 6.45) is -8.13. The molecule has 3 heterocycles. The van der Waals surface area contributed by atoms with Crippen LogP contribution in [0.15, 0.2) is 18.5 Å². The van der Waals surface area contributed by atoms with Crippen LogP contribution in [0, 0.1) is 0 Å². The monoisotopic (exact) mass is 638 g/mol. The predicted octanol–water partition coefficient (Wildman–Crippen LogP) is 5.11. The third kappa shape index (κ3) is 9.33. The van der Waals surface area contributed by atoms with Crippen molar-refractivity contribution < 1.29 is 57.1 Å². The van der Waals surface area contributed by atoms with Crippen molar-refractivity contribution in [3.8, 4) is 0 Å². The zero-order chi connectivity index (χ0) is 33.7. The molecule has 16 heteroatoms. The molecule has 1 aliphatic rings. The number of ether oxygens (including phenoxy) is 8. The van der Waals surface area contributed by atoms with Crippen molar-refractivity contribution in [2.24, 2.45) is 0 Å². The summed E-state index contributed by atoms with van der Waals surface area (Å²) in [5.41, 5.74) is -1.74. The SMILES string of the molecule is CC(C)OC(=O)OC[C@H]1O[C@@](C)(c2ccc3c(NC(=O)OC(C)(C)C)ncnn23)[C@H](OC(=O)OC(C)C)[C@@H]1OC(=O)OC(C)C. The highest BCUT2D eigenvalue weighted by molar-refractivity contribution is 5.89. The third-order valence-electron chi connectivity index (χ3n) is 6.00. The Hall–Kier alpha value is -4.34. The van der Waals surface area contributed by atoms with Crippen LogP contribution in [0.3, 0.4) is 0 Å². The minimum absolute atomic E-state index is 0.119. The fourth-order valence-electron chi connectivity index (χ4n) is 4.45. The summed E-state index contributed by atoms with van der Waals surface area (Å²) in [4.78, 5) is 54.5. The summed E-state index contributed by atoms with van der Waals surface area (Å²) in [7, 11) is 0. The summed E-state index contributed by atoms with van der Waals surface area (Å²) in [5.74, 6) is 0.119. The molecule has 45 heavy (non-hydrogen) atoms. The Bertz CT molecular complexity index is 1370. The minimum Gasteiger partial charge on any atom is -0.444 e. The van der Waals surface area contributed by atoms with Gasteiger partial charge in [-0.15, -0.1) is 0 Å². The molecule has 0 spiro atoms. The smallest absolute Gasteiger partial charge is 0.444 e. The van der Waals surface area contributed by atoms with Crippen LogP contribution in [-0.4, -0.2) is 88.0 Å². The topological polar surface area (TPSA) is 184 Å². The Morgan fingerprint density at radius 3 is 2.09 bits per heavy atom. The molecule has 0 unspecified atom stereocenters. The fraction of sp³-hybridized carbons (Fsp3) is 0.655. The molecule has 1 saturated heterocycles. The zero-order valence-corrected chi connectivity index (χ0v) is 27.1. The van der Waals surface area contributed by atoms with Crippen molar-refractivity contribution >= 4 is 35.9 Å². The van der Waals surface area contributed by atoms with Gasteiger partial charge in [0.25, 0.3) is 0 Å². The average Bonchev–Trinajstić information content (AvgIpc) is 3.42. The lowest BCUT2D eigenvalue weighted by molar-refractivity contribution is -0.104. The second-order valence-corrected chi connectivity index (χ2v) is 12.2. The molecule has 0 radical (unpaired) electrons. The van der Waals surface area contributed by atoms with E-state index in [9.17, 15) is 19.2 Å². The van der Waals surface area contributed by atoms with Gasteiger partial charge in [-0.1, -0.05) is 0 Å². The quantitative estimate of drug-likeness (QED) is 0.282. The highest BCUT2D eigenvalue weighted by atomic mass is 16.8. The van der Waals surface area contributed by atoms with Crippen LogP contribution >= 0.6 is 0 Å². The van der Waals surface area contributed by atoms with Crippen molar-refractivity contribution in [2.45, 2.75) is 117 Å². The van der Waals surface area contributed by atoms with Crippen LogP contribution in [0.5, 0.6) is 0 Å². The number of hydrogen-bond donors (Lipinski definition) is 1. The van der Waals surface area contributed by atoms with Crippen molar-refractivity contribution in [1.29, 1.82) is 0 Å². The molecule has 0 saturated carbocycles. The normalized spacial score (nSPS) is 21.5. The van der Waals surface area contributed by atoms with E-state index in [1.807, 2.05) is 0 Å². The number of rotatable bonds is 9. The molecule has 1 amide bonds. The van der Waals surface area contributed by atoms with Crippen LogP contribution in [0.1, 0.15) is 74.9 Å². The van der Waals surface area contributed by atoms with Gasteiger partial charge in [-0.3, -0.25) is 5.32 Å².